The number of carbonyl (C=O) groups excluding carboxylic acids is 1. The Kier molecular flexibility index (Phi) is 9.85. The number of guanidine groups is 1. The van der Waals surface area contributed by atoms with Crippen molar-refractivity contribution in [2.75, 3.05) is 20.6 Å². The standard InChI is InChI=1S/C21H28N4O.HI/c1-16-9-8-10-18(13-16)14-22-21(23-15-20(26)25(3)4)24-17(2)19-11-6-5-7-12-19;/h5-13,17H,14-15H2,1-4H3,(H2,22,23,24);1H. The molecule has 0 radical (unpaired) electrons. The topological polar surface area (TPSA) is 56.7 Å². The monoisotopic (exact) mass is 480 g/mol. The van der Waals surface area contributed by atoms with Crippen LogP contribution < -0.4 is 10.6 Å². The van der Waals surface area contributed by atoms with Gasteiger partial charge in [-0.05, 0) is 25.0 Å². The van der Waals surface area contributed by atoms with Gasteiger partial charge < -0.3 is 15.5 Å². The number of aryl methyl sites for hydroxylation is 1. The zero-order chi connectivity index (χ0) is 18.9. The number of aliphatic imine (C=N–C) groups is 1. The van der Waals surface area contributed by atoms with E-state index < -0.39 is 0 Å². The van der Waals surface area contributed by atoms with Crippen LogP contribution in [0.1, 0.15) is 29.7 Å². The molecule has 0 aromatic heterocycles. The van der Waals surface area contributed by atoms with E-state index in [0.29, 0.717) is 12.5 Å². The highest BCUT2D eigenvalue weighted by Gasteiger charge is 2.10. The van der Waals surface area contributed by atoms with Crippen LogP contribution >= 0.6 is 24.0 Å². The third-order valence-electron chi connectivity index (χ3n) is 4.06. The van der Waals surface area contributed by atoms with Gasteiger partial charge in [-0.3, -0.25) is 4.79 Å². The molecule has 2 N–H and O–H groups in total. The quantitative estimate of drug-likeness (QED) is 0.378. The molecular formula is C21H29IN4O. The van der Waals surface area contributed by atoms with E-state index in [9.17, 15) is 4.79 Å². The van der Waals surface area contributed by atoms with Crippen molar-refractivity contribution in [3.05, 3.63) is 71.3 Å². The van der Waals surface area contributed by atoms with Crippen molar-refractivity contribution in [1.82, 2.24) is 15.5 Å². The lowest BCUT2D eigenvalue weighted by Gasteiger charge is -2.19. The molecular weight excluding hydrogens is 451 g/mol. The van der Waals surface area contributed by atoms with Crippen LogP contribution in [0.25, 0.3) is 0 Å². The summed E-state index contributed by atoms with van der Waals surface area (Å²) < 4.78 is 0. The number of hydrogen-bond donors (Lipinski definition) is 2. The molecule has 0 saturated carbocycles. The number of nitrogens with one attached hydrogen (secondary N) is 2. The lowest BCUT2D eigenvalue weighted by molar-refractivity contribution is -0.127. The number of nitrogens with zero attached hydrogens (tertiary/aromatic N) is 2. The van der Waals surface area contributed by atoms with Gasteiger partial charge in [0.15, 0.2) is 5.96 Å². The molecule has 0 aliphatic carbocycles. The van der Waals surface area contributed by atoms with Crippen LogP contribution in [0.5, 0.6) is 0 Å². The van der Waals surface area contributed by atoms with E-state index in [-0.39, 0.29) is 42.5 Å². The summed E-state index contributed by atoms with van der Waals surface area (Å²) in [6, 6.07) is 18.5. The van der Waals surface area contributed by atoms with E-state index in [1.165, 1.54) is 5.56 Å². The molecule has 27 heavy (non-hydrogen) atoms. The smallest absolute Gasteiger partial charge is 0.241 e. The molecule has 1 atom stereocenters. The van der Waals surface area contributed by atoms with Crippen molar-refractivity contribution in [2.24, 2.45) is 4.99 Å². The Morgan fingerprint density at radius 2 is 1.81 bits per heavy atom. The number of carbonyl (C=O) groups is 1. The minimum Gasteiger partial charge on any atom is -0.350 e. The summed E-state index contributed by atoms with van der Waals surface area (Å²) >= 11 is 0. The average molecular weight is 480 g/mol. The summed E-state index contributed by atoms with van der Waals surface area (Å²) in [6.07, 6.45) is 0. The molecule has 5 nitrogen and oxygen atoms in total. The molecule has 0 aliphatic heterocycles. The van der Waals surface area contributed by atoms with Crippen LogP contribution in [0.15, 0.2) is 59.6 Å². The molecule has 2 aromatic rings. The highest BCUT2D eigenvalue weighted by molar-refractivity contribution is 14.0. The van der Waals surface area contributed by atoms with Crippen molar-refractivity contribution in [3.8, 4) is 0 Å². The van der Waals surface area contributed by atoms with Crippen molar-refractivity contribution >= 4 is 35.8 Å². The molecule has 2 aromatic carbocycles. The Hall–Kier alpha value is -2.09. The number of benzene rings is 2. The van der Waals surface area contributed by atoms with Crippen LogP contribution in [-0.2, 0) is 11.3 Å². The fourth-order valence-corrected chi connectivity index (χ4v) is 2.48. The number of rotatable bonds is 6. The van der Waals surface area contributed by atoms with E-state index in [1.54, 1.807) is 19.0 Å². The van der Waals surface area contributed by atoms with Gasteiger partial charge in [0, 0.05) is 14.1 Å². The lowest BCUT2D eigenvalue weighted by atomic mass is 10.1. The Bertz CT molecular complexity index is 747. The van der Waals surface area contributed by atoms with Crippen LogP contribution in [0.3, 0.4) is 0 Å². The summed E-state index contributed by atoms with van der Waals surface area (Å²) in [5, 5.41) is 6.51. The largest absolute Gasteiger partial charge is 0.350 e. The molecule has 1 unspecified atom stereocenters. The number of hydrogen-bond acceptors (Lipinski definition) is 2. The molecule has 6 heteroatoms. The minimum absolute atomic E-state index is 0. The maximum Gasteiger partial charge on any atom is 0.241 e. The Labute approximate surface area is 179 Å². The molecule has 0 fully saturated rings. The van der Waals surface area contributed by atoms with Gasteiger partial charge in [-0.1, -0.05) is 60.2 Å². The third kappa shape index (κ3) is 7.99. The summed E-state index contributed by atoms with van der Waals surface area (Å²) in [6.45, 7) is 4.90. The fraction of sp³-hybridized carbons (Fsp3) is 0.333. The van der Waals surface area contributed by atoms with Crippen molar-refractivity contribution in [1.29, 1.82) is 0 Å². The van der Waals surface area contributed by atoms with E-state index >= 15 is 0 Å². The highest BCUT2D eigenvalue weighted by atomic mass is 127. The Balaban J connectivity index is 0.00000364. The SMILES string of the molecule is Cc1cccc(CN=C(NCC(=O)N(C)C)NC(C)c2ccccc2)c1.I. The van der Waals surface area contributed by atoms with Crippen LogP contribution in [0, 0.1) is 6.92 Å². The van der Waals surface area contributed by atoms with Gasteiger partial charge in [-0.2, -0.15) is 0 Å². The third-order valence-corrected chi connectivity index (χ3v) is 4.06. The lowest BCUT2D eigenvalue weighted by Crippen LogP contribution is -2.43. The van der Waals surface area contributed by atoms with Crippen LogP contribution in [0.2, 0.25) is 0 Å². The Morgan fingerprint density at radius 3 is 2.44 bits per heavy atom. The first-order chi connectivity index (χ1) is 12.5. The van der Waals surface area contributed by atoms with Gasteiger partial charge in [-0.25, -0.2) is 4.99 Å². The second kappa shape index (κ2) is 11.6. The Morgan fingerprint density at radius 1 is 1.11 bits per heavy atom. The van der Waals surface area contributed by atoms with Crippen molar-refractivity contribution in [3.63, 3.8) is 0 Å². The minimum atomic E-state index is 0. The van der Waals surface area contributed by atoms with E-state index in [4.69, 9.17) is 0 Å². The van der Waals surface area contributed by atoms with Crippen LogP contribution in [0.4, 0.5) is 0 Å². The first-order valence-corrected chi connectivity index (χ1v) is 8.81. The van der Waals surface area contributed by atoms with Gasteiger partial charge in [-0.15, -0.1) is 24.0 Å². The average Bonchev–Trinajstić information content (AvgIpc) is 2.64. The van der Waals surface area contributed by atoms with Gasteiger partial charge in [0.05, 0.1) is 19.1 Å². The molecule has 0 aliphatic rings. The van der Waals surface area contributed by atoms with Gasteiger partial charge in [0.25, 0.3) is 0 Å². The number of halogens is 1. The zero-order valence-corrected chi connectivity index (χ0v) is 18.7. The second-order valence-electron chi connectivity index (χ2n) is 6.57. The second-order valence-corrected chi connectivity index (χ2v) is 6.57. The van der Waals surface area contributed by atoms with Gasteiger partial charge in [0.2, 0.25) is 5.91 Å². The maximum atomic E-state index is 11.9. The molecule has 0 bridgehead atoms. The van der Waals surface area contributed by atoms with Crippen LogP contribution in [-0.4, -0.2) is 37.4 Å². The van der Waals surface area contributed by atoms with Crippen molar-refractivity contribution in [2.45, 2.75) is 26.4 Å². The number of likely N-dealkylation sites (N-methyl/N-ethyl adjacent to an activating group) is 1. The first kappa shape index (κ1) is 23.0. The summed E-state index contributed by atoms with van der Waals surface area (Å²) in [4.78, 5) is 18.1. The molecule has 0 spiro atoms. The van der Waals surface area contributed by atoms with Gasteiger partial charge >= 0.3 is 0 Å². The van der Waals surface area contributed by atoms with Crippen molar-refractivity contribution < 1.29 is 4.79 Å². The number of amides is 1. The molecule has 0 heterocycles. The van der Waals surface area contributed by atoms with E-state index in [2.05, 4.69) is 59.8 Å². The predicted octanol–water partition coefficient (Wildman–Crippen LogP) is 3.50. The molecule has 2 rings (SSSR count). The van der Waals surface area contributed by atoms with E-state index in [0.717, 1.165) is 11.1 Å². The molecule has 0 saturated heterocycles. The highest BCUT2D eigenvalue weighted by Crippen LogP contribution is 2.11. The predicted molar refractivity (Wildman–Crippen MR) is 122 cm³/mol. The summed E-state index contributed by atoms with van der Waals surface area (Å²) in [5.41, 5.74) is 3.51. The fourth-order valence-electron chi connectivity index (χ4n) is 2.48. The maximum absolute atomic E-state index is 11.9. The summed E-state index contributed by atoms with van der Waals surface area (Å²) in [5.74, 6) is 0.625. The van der Waals surface area contributed by atoms with E-state index in [1.807, 2.05) is 24.3 Å². The molecule has 146 valence electrons. The normalized spacial score (nSPS) is 11.9. The molecule has 1 amide bonds. The first-order valence-electron chi connectivity index (χ1n) is 8.81. The zero-order valence-electron chi connectivity index (χ0n) is 16.4. The summed E-state index contributed by atoms with van der Waals surface area (Å²) in [7, 11) is 3.49. The van der Waals surface area contributed by atoms with Gasteiger partial charge in [0.1, 0.15) is 0 Å².